The number of benzene rings is 1. The number of carbonyl (C=O) groups excluding carboxylic acids is 2. The maximum absolute atomic E-state index is 13.6. The highest BCUT2D eigenvalue weighted by Crippen LogP contribution is 2.22. The summed E-state index contributed by atoms with van der Waals surface area (Å²) in [4.78, 5) is 25.0. The Labute approximate surface area is 139 Å². The standard InChI is InChI=1S/C16H20ClFN2O3/c1-3-16(23)20(4-2)10-15(22)19-14(7-8-21)11-5-6-12(17)13(18)9-11/h3,5-6,9,14,21H,1,4,7-8,10H2,2H3,(H,19,22). The summed E-state index contributed by atoms with van der Waals surface area (Å²) in [7, 11) is 0. The molecule has 1 aromatic carbocycles. The fourth-order valence-electron chi connectivity index (χ4n) is 2.07. The number of carbonyl (C=O) groups is 2. The topological polar surface area (TPSA) is 69.6 Å². The molecule has 126 valence electrons. The molecule has 0 saturated carbocycles. The van der Waals surface area contributed by atoms with Crippen LogP contribution in [0.3, 0.4) is 0 Å². The predicted molar refractivity (Wildman–Crippen MR) is 86.4 cm³/mol. The van der Waals surface area contributed by atoms with Crippen molar-refractivity contribution in [2.24, 2.45) is 0 Å². The van der Waals surface area contributed by atoms with Crippen LogP contribution in [0.1, 0.15) is 24.9 Å². The molecule has 2 N–H and O–H groups in total. The Balaban J connectivity index is 2.82. The molecule has 0 aliphatic heterocycles. The Kier molecular flexibility index (Phi) is 7.71. The van der Waals surface area contributed by atoms with E-state index in [0.717, 1.165) is 6.08 Å². The molecule has 0 spiro atoms. The van der Waals surface area contributed by atoms with E-state index >= 15 is 0 Å². The van der Waals surface area contributed by atoms with Crippen molar-refractivity contribution in [3.63, 3.8) is 0 Å². The SMILES string of the molecule is C=CC(=O)N(CC)CC(=O)NC(CCO)c1ccc(Cl)c(F)c1. The molecule has 0 radical (unpaired) electrons. The highest BCUT2D eigenvalue weighted by Gasteiger charge is 2.18. The molecular weight excluding hydrogens is 323 g/mol. The van der Waals surface area contributed by atoms with Gasteiger partial charge in [0.1, 0.15) is 5.82 Å². The van der Waals surface area contributed by atoms with E-state index in [1.54, 1.807) is 13.0 Å². The van der Waals surface area contributed by atoms with Gasteiger partial charge in [0.2, 0.25) is 11.8 Å². The zero-order valence-electron chi connectivity index (χ0n) is 12.9. The summed E-state index contributed by atoms with van der Waals surface area (Å²) in [6.45, 7) is 5.16. The number of amides is 2. The summed E-state index contributed by atoms with van der Waals surface area (Å²) in [5.41, 5.74) is 0.493. The lowest BCUT2D eigenvalue weighted by atomic mass is 10.0. The van der Waals surface area contributed by atoms with Crippen LogP contribution in [0.25, 0.3) is 0 Å². The summed E-state index contributed by atoms with van der Waals surface area (Å²) in [6.07, 6.45) is 1.35. The van der Waals surface area contributed by atoms with Crippen molar-refractivity contribution in [3.8, 4) is 0 Å². The van der Waals surface area contributed by atoms with Crippen molar-refractivity contribution in [2.75, 3.05) is 19.7 Å². The van der Waals surface area contributed by atoms with E-state index in [0.29, 0.717) is 12.1 Å². The largest absolute Gasteiger partial charge is 0.396 e. The zero-order valence-corrected chi connectivity index (χ0v) is 13.6. The Bertz CT molecular complexity index is 580. The molecule has 5 nitrogen and oxygen atoms in total. The second-order valence-electron chi connectivity index (χ2n) is 4.86. The molecule has 1 aromatic rings. The van der Waals surface area contributed by atoms with Gasteiger partial charge in [0.05, 0.1) is 17.6 Å². The number of aliphatic hydroxyl groups is 1. The van der Waals surface area contributed by atoms with Crippen LogP contribution in [0.2, 0.25) is 5.02 Å². The first-order valence-electron chi connectivity index (χ1n) is 7.19. The van der Waals surface area contributed by atoms with Crippen LogP contribution >= 0.6 is 11.6 Å². The average Bonchev–Trinajstić information content (AvgIpc) is 2.54. The quantitative estimate of drug-likeness (QED) is 0.710. The van der Waals surface area contributed by atoms with Gasteiger partial charge in [0.25, 0.3) is 0 Å². The maximum atomic E-state index is 13.6. The van der Waals surface area contributed by atoms with Gasteiger partial charge < -0.3 is 15.3 Å². The molecule has 0 heterocycles. The third-order valence-electron chi connectivity index (χ3n) is 3.30. The second kappa shape index (κ2) is 9.27. The molecule has 7 heteroatoms. The molecule has 0 bridgehead atoms. The lowest BCUT2D eigenvalue weighted by Crippen LogP contribution is -2.41. The molecule has 0 aliphatic rings. The van der Waals surface area contributed by atoms with Crippen LogP contribution in [0.15, 0.2) is 30.9 Å². The normalized spacial score (nSPS) is 11.7. The highest BCUT2D eigenvalue weighted by molar-refractivity contribution is 6.30. The van der Waals surface area contributed by atoms with E-state index in [1.165, 1.54) is 17.0 Å². The minimum Gasteiger partial charge on any atom is -0.396 e. The van der Waals surface area contributed by atoms with E-state index in [2.05, 4.69) is 11.9 Å². The monoisotopic (exact) mass is 342 g/mol. The number of hydrogen-bond acceptors (Lipinski definition) is 3. The van der Waals surface area contributed by atoms with Gasteiger partial charge in [0, 0.05) is 13.2 Å². The average molecular weight is 343 g/mol. The Morgan fingerprint density at radius 1 is 1.52 bits per heavy atom. The molecule has 0 saturated heterocycles. The maximum Gasteiger partial charge on any atom is 0.246 e. The summed E-state index contributed by atoms with van der Waals surface area (Å²) >= 11 is 5.64. The van der Waals surface area contributed by atoms with Gasteiger partial charge in [0.15, 0.2) is 0 Å². The summed E-state index contributed by atoms with van der Waals surface area (Å²) in [5.74, 6) is -1.35. The first-order chi connectivity index (χ1) is 10.9. The Morgan fingerprint density at radius 3 is 2.74 bits per heavy atom. The highest BCUT2D eigenvalue weighted by atomic mass is 35.5. The van der Waals surface area contributed by atoms with Crippen molar-refractivity contribution >= 4 is 23.4 Å². The third-order valence-corrected chi connectivity index (χ3v) is 3.61. The predicted octanol–water partition coefficient (Wildman–Crippen LogP) is 2.05. The van der Waals surface area contributed by atoms with Gasteiger partial charge in [-0.1, -0.05) is 24.2 Å². The number of nitrogens with one attached hydrogen (secondary N) is 1. The minimum atomic E-state index is -0.599. The first kappa shape index (κ1) is 19.1. The number of likely N-dealkylation sites (N-methyl/N-ethyl adjacent to an activating group) is 1. The Morgan fingerprint density at radius 2 is 2.22 bits per heavy atom. The molecule has 1 atom stereocenters. The van der Waals surface area contributed by atoms with Crippen molar-refractivity contribution in [3.05, 3.63) is 47.3 Å². The van der Waals surface area contributed by atoms with Crippen molar-refractivity contribution in [1.82, 2.24) is 10.2 Å². The first-order valence-corrected chi connectivity index (χ1v) is 7.57. The molecule has 1 unspecified atom stereocenters. The van der Waals surface area contributed by atoms with Crippen molar-refractivity contribution in [2.45, 2.75) is 19.4 Å². The van der Waals surface area contributed by atoms with Gasteiger partial charge in [-0.25, -0.2) is 4.39 Å². The van der Waals surface area contributed by atoms with E-state index in [-0.39, 0.29) is 30.5 Å². The van der Waals surface area contributed by atoms with Crippen LogP contribution in [-0.4, -0.2) is 41.5 Å². The third kappa shape index (κ3) is 5.65. The van der Waals surface area contributed by atoms with Gasteiger partial charge in [-0.3, -0.25) is 9.59 Å². The van der Waals surface area contributed by atoms with Crippen molar-refractivity contribution < 1.29 is 19.1 Å². The molecule has 1 rings (SSSR count). The summed E-state index contributed by atoms with van der Waals surface area (Å²) in [5, 5.41) is 11.8. The van der Waals surface area contributed by atoms with Gasteiger partial charge in [-0.2, -0.15) is 0 Å². The molecular formula is C16H20ClFN2O3. The number of nitrogens with zero attached hydrogens (tertiary/aromatic N) is 1. The second-order valence-corrected chi connectivity index (χ2v) is 5.27. The van der Waals surface area contributed by atoms with E-state index < -0.39 is 17.8 Å². The molecule has 2 amide bonds. The number of hydrogen-bond donors (Lipinski definition) is 2. The number of halogens is 2. The number of rotatable bonds is 8. The van der Waals surface area contributed by atoms with Crippen LogP contribution in [0.5, 0.6) is 0 Å². The molecule has 0 fully saturated rings. The van der Waals surface area contributed by atoms with E-state index in [9.17, 15) is 14.0 Å². The molecule has 23 heavy (non-hydrogen) atoms. The summed E-state index contributed by atoms with van der Waals surface area (Å²) < 4.78 is 13.6. The lowest BCUT2D eigenvalue weighted by Gasteiger charge is -2.22. The van der Waals surface area contributed by atoms with Crippen molar-refractivity contribution in [1.29, 1.82) is 0 Å². The van der Waals surface area contributed by atoms with Crippen LogP contribution in [-0.2, 0) is 9.59 Å². The smallest absolute Gasteiger partial charge is 0.246 e. The minimum absolute atomic E-state index is 0.0171. The molecule has 0 aromatic heterocycles. The fourth-order valence-corrected chi connectivity index (χ4v) is 2.19. The molecule has 0 aliphatic carbocycles. The fraction of sp³-hybridized carbons (Fsp3) is 0.375. The Hall–Kier alpha value is -1.92. The number of aliphatic hydroxyl groups excluding tert-OH is 1. The van der Waals surface area contributed by atoms with Gasteiger partial charge >= 0.3 is 0 Å². The van der Waals surface area contributed by atoms with Gasteiger partial charge in [-0.05, 0) is 37.1 Å². The van der Waals surface area contributed by atoms with Crippen LogP contribution in [0, 0.1) is 5.82 Å². The van der Waals surface area contributed by atoms with E-state index in [4.69, 9.17) is 16.7 Å². The zero-order chi connectivity index (χ0) is 17.4. The lowest BCUT2D eigenvalue weighted by molar-refractivity contribution is -0.132. The van der Waals surface area contributed by atoms with Crippen LogP contribution < -0.4 is 5.32 Å². The summed E-state index contributed by atoms with van der Waals surface area (Å²) in [6, 6.07) is 3.62. The van der Waals surface area contributed by atoms with E-state index in [1.807, 2.05) is 0 Å². The van der Waals surface area contributed by atoms with Crippen LogP contribution in [0.4, 0.5) is 4.39 Å². The van der Waals surface area contributed by atoms with Gasteiger partial charge in [-0.15, -0.1) is 0 Å².